The number of alkyl halides is 3. The van der Waals surface area contributed by atoms with Gasteiger partial charge in [-0.3, -0.25) is 0 Å². The molecule has 0 atom stereocenters. The van der Waals surface area contributed by atoms with Crippen molar-refractivity contribution in [3.63, 3.8) is 0 Å². The van der Waals surface area contributed by atoms with Crippen molar-refractivity contribution >= 4 is 11.5 Å². The number of H-pyrrole nitrogens is 1. The molecule has 7 nitrogen and oxygen atoms in total. The van der Waals surface area contributed by atoms with Gasteiger partial charge < -0.3 is 10.3 Å². The number of anilines is 1. The predicted octanol–water partition coefficient (Wildman–Crippen LogP) is 1.48. The molecule has 104 valence electrons. The summed E-state index contributed by atoms with van der Waals surface area (Å²) in [7, 11) is 0. The van der Waals surface area contributed by atoms with E-state index in [4.69, 9.17) is 0 Å². The third kappa shape index (κ3) is 2.27. The van der Waals surface area contributed by atoms with E-state index in [1.807, 2.05) is 0 Å². The van der Waals surface area contributed by atoms with Crippen molar-refractivity contribution in [2.45, 2.75) is 12.7 Å². The van der Waals surface area contributed by atoms with Gasteiger partial charge in [0.1, 0.15) is 5.82 Å². The highest BCUT2D eigenvalue weighted by Gasteiger charge is 2.37. The lowest BCUT2D eigenvalue weighted by Gasteiger charge is -2.06. The first-order chi connectivity index (χ1) is 9.54. The van der Waals surface area contributed by atoms with Crippen LogP contribution in [0.1, 0.15) is 11.5 Å². The molecule has 0 aromatic carbocycles. The Morgan fingerprint density at radius 1 is 1.25 bits per heavy atom. The Morgan fingerprint density at radius 2 is 2.10 bits per heavy atom. The summed E-state index contributed by atoms with van der Waals surface area (Å²) in [6, 6.07) is 2.94. The lowest BCUT2D eigenvalue weighted by atomic mass is 10.4. The van der Waals surface area contributed by atoms with Crippen LogP contribution < -0.4 is 5.32 Å². The van der Waals surface area contributed by atoms with Gasteiger partial charge in [-0.1, -0.05) is 0 Å². The van der Waals surface area contributed by atoms with Gasteiger partial charge in [0.05, 0.1) is 18.6 Å². The molecule has 3 heterocycles. The van der Waals surface area contributed by atoms with Gasteiger partial charge in [-0.05, 0) is 12.1 Å². The van der Waals surface area contributed by atoms with E-state index < -0.39 is 12.0 Å². The number of nitrogens with one attached hydrogen (secondary N) is 2. The van der Waals surface area contributed by atoms with Gasteiger partial charge in [0.25, 0.3) is 5.82 Å². The van der Waals surface area contributed by atoms with Crippen LogP contribution in [0.15, 0.2) is 24.7 Å². The summed E-state index contributed by atoms with van der Waals surface area (Å²) in [5.41, 5.74) is 0.816. The molecule has 2 N–H and O–H groups in total. The first kappa shape index (κ1) is 12.4. The minimum absolute atomic E-state index is 0.0319. The van der Waals surface area contributed by atoms with Gasteiger partial charge in [0, 0.05) is 6.20 Å². The van der Waals surface area contributed by atoms with E-state index in [1.165, 1.54) is 18.5 Å². The van der Waals surface area contributed by atoms with Gasteiger partial charge in [-0.2, -0.15) is 17.7 Å². The number of halogens is 3. The van der Waals surface area contributed by atoms with Gasteiger partial charge in [0.15, 0.2) is 5.65 Å². The normalized spacial score (nSPS) is 11.9. The monoisotopic (exact) mass is 283 g/mol. The molecule has 3 aromatic rings. The van der Waals surface area contributed by atoms with Crippen molar-refractivity contribution in [1.29, 1.82) is 0 Å². The number of aromatic amines is 1. The summed E-state index contributed by atoms with van der Waals surface area (Å²) in [6.07, 6.45) is -1.49. The van der Waals surface area contributed by atoms with E-state index in [0.29, 0.717) is 11.1 Å². The Balaban J connectivity index is 1.89. The average Bonchev–Trinajstić information content (AvgIpc) is 3.04. The largest absolute Gasteiger partial charge is 0.453 e. The summed E-state index contributed by atoms with van der Waals surface area (Å²) in [5, 5.41) is 13.2. The molecule has 3 rings (SSSR count). The van der Waals surface area contributed by atoms with Gasteiger partial charge in [0.2, 0.25) is 0 Å². The Kier molecular flexibility index (Phi) is 2.77. The van der Waals surface area contributed by atoms with Crippen LogP contribution in [0.2, 0.25) is 0 Å². The summed E-state index contributed by atoms with van der Waals surface area (Å²) in [4.78, 5) is 6.69. The second-order valence-electron chi connectivity index (χ2n) is 3.94. The predicted molar refractivity (Wildman–Crippen MR) is 61.7 cm³/mol. The number of aromatic nitrogens is 6. The maximum atomic E-state index is 12.7. The van der Waals surface area contributed by atoms with Gasteiger partial charge in [-0.25, -0.2) is 4.98 Å². The fourth-order valence-corrected chi connectivity index (χ4v) is 1.63. The van der Waals surface area contributed by atoms with E-state index in [9.17, 15) is 13.2 Å². The third-order valence-corrected chi connectivity index (χ3v) is 2.53. The molecular formula is C10H8F3N7. The molecule has 0 saturated heterocycles. The molecule has 3 aromatic heterocycles. The molecule has 0 aliphatic carbocycles. The summed E-state index contributed by atoms with van der Waals surface area (Å²) < 4.78 is 38.7. The Hall–Kier alpha value is -2.65. The highest BCUT2D eigenvalue weighted by molar-refractivity contribution is 5.44. The molecule has 0 bridgehead atoms. The molecular weight excluding hydrogens is 275 g/mol. The maximum Gasteiger partial charge on any atom is 0.453 e. The van der Waals surface area contributed by atoms with E-state index in [0.717, 1.165) is 5.69 Å². The molecule has 0 fully saturated rings. The Labute approximate surface area is 109 Å². The van der Waals surface area contributed by atoms with Gasteiger partial charge in [-0.15, -0.1) is 15.3 Å². The van der Waals surface area contributed by atoms with Crippen molar-refractivity contribution in [3.05, 3.63) is 36.2 Å². The van der Waals surface area contributed by atoms with Gasteiger partial charge >= 0.3 is 6.18 Å². The highest BCUT2D eigenvalue weighted by Crippen LogP contribution is 2.27. The smallest absolute Gasteiger partial charge is 0.363 e. The van der Waals surface area contributed by atoms with Crippen LogP contribution in [0.25, 0.3) is 5.65 Å². The lowest BCUT2D eigenvalue weighted by Crippen LogP contribution is -2.13. The first-order valence-corrected chi connectivity index (χ1v) is 5.55. The molecule has 10 heteroatoms. The average molecular weight is 283 g/mol. The van der Waals surface area contributed by atoms with Crippen LogP contribution in [0.4, 0.5) is 19.0 Å². The topological polar surface area (TPSA) is 83.8 Å². The van der Waals surface area contributed by atoms with E-state index >= 15 is 0 Å². The number of rotatable bonds is 3. The van der Waals surface area contributed by atoms with Crippen LogP contribution >= 0.6 is 0 Å². The quantitative estimate of drug-likeness (QED) is 0.760. The molecule has 0 spiro atoms. The number of hydrogen-bond donors (Lipinski definition) is 2. The summed E-state index contributed by atoms with van der Waals surface area (Å²) >= 11 is 0. The molecule has 0 aliphatic heterocycles. The van der Waals surface area contributed by atoms with E-state index in [1.54, 1.807) is 6.20 Å². The Morgan fingerprint density at radius 3 is 2.80 bits per heavy atom. The molecule has 0 aliphatic rings. The number of imidazole rings is 1. The van der Waals surface area contributed by atoms with Crippen LogP contribution in [-0.4, -0.2) is 29.8 Å². The fourth-order valence-electron chi connectivity index (χ4n) is 1.63. The SMILES string of the molecule is FC(F)(F)c1nnc2ccc(NCc3cnc[nH]3)nn12. The van der Waals surface area contributed by atoms with Crippen LogP contribution in [0, 0.1) is 0 Å². The highest BCUT2D eigenvalue weighted by atomic mass is 19.4. The summed E-state index contributed by atoms with van der Waals surface area (Å²) in [6.45, 7) is 0.363. The van der Waals surface area contributed by atoms with Crippen LogP contribution in [-0.2, 0) is 12.7 Å². The second-order valence-corrected chi connectivity index (χ2v) is 3.94. The lowest BCUT2D eigenvalue weighted by molar-refractivity contribution is -0.146. The van der Waals surface area contributed by atoms with Crippen LogP contribution in [0.5, 0.6) is 0 Å². The summed E-state index contributed by atoms with van der Waals surface area (Å²) in [5.74, 6) is -0.880. The van der Waals surface area contributed by atoms with E-state index in [-0.39, 0.29) is 11.5 Å². The minimum Gasteiger partial charge on any atom is -0.363 e. The minimum atomic E-state index is -4.60. The molecule has 0 amide bonds. The van der Waals surface area contributed by atoms with Crippen molar-refractivity contribution in [2.24, 2.45) is 0 Å². The van der Waals surface area contributed by atoms with E-state index in [2.05, 4.69) is 30.6 Å². The second kappa shape index (κ2) is 4.47. The first-order valence-electron chi connectivity index (χ1n) is 5.55. The Bertz CT molecular complexity index is 716. The van der Waals surface area contributed by atoms with Crippen molar-refractivity contribution in [1.82, 2.24) is 29.8 Å². The molecule has 0 saturated carbocycles. The van der Waals surface area contributed by atoms with Crippen LogP contribution in [0.3, 0.4) is 0 Å². The number of nitrogens with zero attached hydrogens (tertiary/aromatic N) is 5. The standard InChI is InChI=1S/C10H8F3N7/c11-10(12,13)9-18-17-8-2-1-7(19-20(8)9)15-4-6-3-14-5-16-6/h1-3,5H,4H2,(H,14,16)(H,15,19). The zero-order valence-electron chi connectivity index (χ0n) is 9.89. The molecule has 0 radical (unpaired) electrons. The third-order valence-electron chi connectivity index (χ3n) is 2.53. The zero-order chi connectivity index (χ0) is 14.2. The fraction of sp³-hybridized carbons (Fsp3) is 0.200. The van der Waals surface area contributed by atoms with Crippen molar-refractivity contribution < 1.29 is 13.2 Å². The maximum absolute atomic E-state index is 12.7. The molecule has 0 unspecified atom stereocenters. The number of hydrogen-bond acceptors (Lipinski definition) is 5. The zero-order valence-corrected chi connectivity index (χ0v) is 9.89. The van der Waals surface area contributed by atoms with Crippen molar-refractivity contribution in [3.8, 4) is 0 Å². The van der Waals surface area contributed by atoms with Crippen molar-refractivity contribution in [2.75, 3.05) is 5.32 Å². The number of fused-ring (bicyclic) bond motifs is 1. The molecule has 20 heavy (non-hydrogen) atoms.